The van der Waals surface area contributed by atoms with Gasteiger partial charge in [0.25, 0.3) is 0 Å². The maximum absolute atomic E-state index is 3.62. The molecule has 0 saturated heterocycles. The Balaban J connectivity index is 2.48. The van der Waals surface area contributed by atoms with Gasteiger partial charge in [-0.05, 0) is 54.6 Å². The van der Waals surface area contributed by atoms with Crippen LogP contribution in [0.15, 0.2) is 34.1 Å². The SMILES string of the molecule is CCNC(c1cccc(Br)c1C)c1sccc1C. The first-order chi connectivity index (χ1) is 8.65. The molecule has 0 fully saturated rings. The summed E-state index contributed by atoms with van der Waals surface area (Å²) < 4.78 is 1.18. The van der Waals surface area contributed by atoms with Gasteiger partial charge in [-0.1, -0.05) is 35.0 Å². The van der Waals surface area contributed by atoms with Crippen molar-refractivity contribution in [3.63, 3.8) is 0 Å². The molecule has 0 amide bonds. The Kier molecular flexibility index (Phi) is 4.60. The number of thiophene rings is 1. The molecule has 0 aliphatic rings. The largest absolute Gasteiger partial charge is 0.306 e. The van der Waals surface area contributed by atoms with Crippen LogP contribution in [-0.4, -0.2) is 6.54 Å². The van der Waals surface area contributed by atoms with Gasteiger partial charge in [0.1, 0.15) is 0 Å². The van der Waals surface area contributed by atoms with E-state index in [2.05, 4.69) is 71.7 Å². The lowest BCUT2D eigenvalue weighted by atomic mass is 9.98. The predicted octanol–water partition coefficient (Wildman–Crippen LogP) is 4.83. The van der Waals surface area contributed by atoms with Crippen molar-refractivity contribution in [1.29, 1.82) is 0 Å². The van der Waals surface area contributed by atoms with Crippen LogP contribution in [0.5, 0.6) is 0 Å². The molecule has 96 valence electrons. The van der Waals surface area contributed by atoms with Crippen LogP contribution in [0.25, 0.3) is 0 Å². The molecule has 1 heterocycles. The van der Waals surface area contributed by atoms with Gasteiger partial charge in [-0.2, -0.15) is 0 Å². The molecule has 0 spiro atoms. The fourth-order valence-electron chi connectivity index (χ4n) is 2.17. The lowest BCUT2D eigenvalue weighted by molar-refractivity contribution is 0.634. The molecular weight excluding hydrogens is 306 g/mol. The molecule has 1 aromatic heterocycles. The van der Waals surface area contributed by atoms with Gasteiger partial charge in [0, 0.05) is 9.35 Å². The minimum Gasteiger partial charge on any atom is -0.306 e. The van der Waals surface area contributed by atoms with Crippen molar-refractivity contribution in [2.24, 2.45) is 0 Å². The number of hydrogen-bond donors (Lipinski definition) is 1. The van der Waals surface area contributed by atoms with Crippen molar-refractivity contribution < 1.29 is 0 Å². The Hall–Kier alpha value is -0.640. The average molecular weight is 324 g/mol. The van der Waals surface area contributed by atoms with Crippen LogP contribution in [-0.2, 0) is 0 Å². The number of benzene rings is 1. The molecule has 1 unspecified atom stereocenters. The summed E-state index contributed by atoms with van der Waals surface area (Å²) in [5.74, 6) is 0. The maximum Gasteiger partial charge on any atom is 0.0676 e. The van der Waals surface area contributed by atoms with E-state index >= 15 is 0 Å². The van der Waals surface area contributed by atoms with Crippen molar-refractivity contribution in [2.75, 3.05) is 6.54 Å². The highest BCUT2D eigenvalue weighted by atomic mass is 79.9. The summed E-state index contributed by atoms with van der Waals surface area (Å²) in [6.07, 6.45) is 0. The Morgan fingerprint density at radius 1 is 1.28 bits per heavy atom. The minimum absolute atomic E-state index is 0.299. The fraction of sp³-hybridized carbons (Fsp3) is 0.333. The molecule has 1 atom stereocenters. The fourth-order valence-corrected chi connectivity index (χ4v) is 3.57. The number of nitrogens with one attached hydrogen (secondary N) is 1. The molecule has 18 heavy (non-hydrogen) atoms. The van der Waals surface area contributed by atoms with E-state index in [0.29, 0.717) is 6.04 Å². The summed E-state index contributed by atoms with van der Waals surface area (Å²) in [7, 11) is 0. The molecule has 0 radical (unpaired) electrons. The zero-order valence-electron chi connectivity index (χ0n) is 11.0. The van der Waals surface area contributed by atoms with Crippen LogP contribution >= 0.6 is 27.3 Å². The Labute approximate surface area is 121 Å². The van der Waals surface area contributed by atoms with Crippen molar-refractivity contribution in [3.8, 4) is 0 Å². The minimum atomic E-state index is 0.299. The zero-order chi connectivity index (χ0) is 13.1. The summed E-state index contributed by atoms with van der Waals surface area (Å²) in [4.78, 5) is 1.41. The molecule has 0 aliphatic heterocycles. The average Bonchev–Trinajstić information content (AvgIpc) is 2.76. The van der Waals surface area contributed by atoms with E-state index in [-0.39, 0.29) is 0 Å². The molecule has 2 aromatic rings. The lowest BCUT2D eigenvalue weighted by Gasteiger charge is -2.21. The van der Waals surface area contributed by atoms with E-state index in [1.165, 1.54) is 26.0 Å². The van der Waals surface area contributed by atoms with E-state index in [4.69, 9.17) is 0 Å². The van der Waals surface area contributed by atoms with Gasteiger partial charge in [-0.25, -0.2) is 0 Å². The Morgan fingerprint density at radius 2 is 2.06 bits per heavy atom. The third-order valence-corrected chi connectivity index (χ3v) is 5.14. The lowest BCUT2D eigenvalue weighted by Crippen LogP contribution is -2.22. The molecule has 0 bridgehead atoms. The highest BCUT2D eigenvalue weighted by Gasteiger charge is 2.18. The monoisotopic (exact) mass is 323 g/mol. The van der Waals surface area contributed by atoms with Crippen LogP contribution in [0.2, 0.25) is 0 Å². The van der Waals surface area contributed by atoms with Crippen LogP contribution in [0.3, 0.4) is 0 Å². The molecule has 0 saturated carbocycles. The zero-order valence-corrected chi connectivity index (χ0v) is 13.4. The van der Waals surface area contributed by atoms with E-state index < -0.39 is 0 Å². The molecule has 1 N–H and O–H groups in total. The Bertz CT molecular complexity index is 533. The summed E-state index contributed by atoms with van der Waals surface area (Å²) in [6, 6.07) is 8.92. The Morgan fingerprint density at radius 3 is 2.67 bits per heavy atom. The summed E-state index contributed by atoms with van der Waals surface area (Å²) in [6.45, 7) is 7.48. The van der Waals surface area contributed by atoms with Gasteiger partial charge < -0.3 is 5.32 Å². The van der Waals surface area contributed by atoms with Gasteiger partial charge in [0.05, 0.1) is 6.04 Å². The normalized spacial score (nSPS) is 12.7. The first kappa shape index (κ1) is 13.8. The summed E-state index contributed by atoms with van der Waals surface area (Å²) in [5, 5.41) is 5.77. The molecule has 3 heteroatoms. The summed E-state index contributed by atoms with van der Waals surface area (Å²) in [5.41, 5.74) is 4.04. The van der Waals surface area contributed by atoms with Gasteiger partial charge in [0.15, 0.2) is 0 Å². The number of rotatable bonds is 4. The second-order valence-electron chi connectivity index (χ2n) is 4.41. The van der Waals surface area contributed by atoms with E-state index in [1.807, 2.05) is 11.3 Å². The van der Waals surface area contributed by atoms with Gasteiger partial charge >= 0.3 is 0 Å². The van der Waals surface area contributed by atoms with Crippen molar-refractivity contribution in [3.05, 3.63) is 55.7 Å². The van der Waals surface area contributed by atoms with Crippen LogP contribution < -0.4 is 5.32 Å². The highest BCUT2D eigenvalue weighted by molar-refractivity contribution is 9.10. The number of halogens is 1. The maximum atomic E-state index is 3.62. The van der Waals surface area contributed by atoms with Crippen LogP contribution in [0, 0.1) is 13.8 Å². The van der Waals surface area contributed by atoms with Gasteiger partial charge in [0.2, 0.25) is 0 Å². The number of hydrogen-bond acceptors (Lipinski definition) is 2. The second-order valence-corrected chi connectivity index (χ2v) is 6.21. The predicted molar refractivity (Wildman–Crippen MR) is 83.5 cm³/mol. The first-order valence-electron chi connectivity index (χ1n) is 6.17. The molecule has 0 aliphatic carbocycles. The number of aryl methyl sites for hydroxylation is 1. The van der Waals surface area contributed by atoms with Gasteiger partial charge in [-0.3, -0.25) is 0 Å². The van der Waals surface area contributed by atoms with Crippen LogP contribution in [0.1, 0.15) is 34.5 Å². The molecule has 2 rings (SSSR count). The molecule has 1 aromatic carbocycles. The van der Waals surface area contributed by atoms with Crippen molar-refractivity contribution >= 4 is 27.3 Å². The van der Waals surface area contributed by atoms with Crippen LogP contribution in [0.4, 0.5) is 0 Å². The van der Waals surface area contributed by atoms with E-state index in [9.17, 15) is 0 Å². The van der Waals surface area contributed by atoms with Gasteiger partial charge in [-0.15, -0.1) is 11.3 Å². The highest BCUT2D eigenvalue weighted by Crippen LogP contribution is 2.33. The third kappa shape index (κ3) is 2.68. The van der Waals surface area contributed by atoms with Crippen molar-refractivity contribution in [1.82, 2.24) is 5.32 Å². The quantitative estimate of drug-likeness (QED) is 0.850. The van der Waals surface area contributed by atoms with E-state index in [0.717, 1.165) is 6.54 Å². The molecular formula is C15H18BrNS. The smallest absolute Gasteiger partial charge is 0.0676 e. The standard InChI is InChI=1S/C15H18BrNS/c1-4-17-14(15-10(2)8-9-18-15)12-6-5-7-13(16)11(12)3/h5-9,14,17H,4H2,1-3H3. The summed E-state index contributed by atoms with van der Waals surface area (Å²) >= 11 is 5.45. The van der Waals surface area contributed by atoms with Crippen molar-refractivity contribution in [2.45, 2.75) is 26.8 Å². The third-order valence-electron chi connectivity index (χ3n) is 3.19. The first-order valence-corrected chi connectivity index (χ1v) is 7.84. The topological polar surface area (TPSA) is 12.0 Å². The second kappa shape index (κ2) is 6.00. The van der Waals surface area contributed by atoms with E-state index in [1.54, 1.807) is 0 Å². The molecule has 1 nitrogen and oxygen atoms in total.